The third-order valence-electron chi connectivity index (χ3n) is 4.49. The second kappa shape index (κ2) is 9.66. The summed E-state index contributed by atoms with van der Waals surface area (Å²) in [4.78, 5) is 13.6. The van der Waals surface area contributed by atoms with Crippen LogP contribution in [0.25, 0.3) is 0 Å². The van der Waals surface area contributed by atoms with E-state index in [-0.39, 0.29) is 17.3 Å². The van der Waals surface area contributed by atoms with Gasteiger partial charge in [-0.2, -0.15) is 4.31 Å². The number of hydrogen-bond donors (Lipinski definition) is 1. The molecule has 0 radical (unpaired) electrons. The fourth-order valence-electron chi connectivity index (χ4n) is 2.82. The molecule has 0 aliphatic rings. The average Bonchev–Trinajstić information content (AvgIpc) is 2.75. The minimum absolute atomic E-state index is 0.154. The zero-order valence-electron chi connectivity index (χ0n) is 16.5. The summed E-state index contributed by atoms with van der Waals surface area (Å²) in [6.45, 7) is 0.270. The number of carbonyl (C=O) groups excluding carboxylic acids is 1. The zero-order valence-corrected chi connectivity index (χ0v) is 18.9. The predicted molar refractivity (Wildman–Crippen MR) is 123 cm³/mol. The highest BCUT2D eigenvalue weighted by atomic mass is 35.5. The maximum absolute atomic E-state index is 12.8. The second-order valence-corrected chi connectivity index (χ2v) is 9.90. The van der Waals surface area contributed by atoms with E-state index in [1.54, 1.807) is 31.3 Å². The first-order valence-corrected chi connectivity index (χ1v) is 12.1. The first-order valence-electron chi connectivity index (χ1n) is 9.06. The molecule has 30 heavy (non-hydrogen) atoms. The van der Waals surface area contributed by atoms with Crippen LogP contribution in [0.1, 0.15) is 15.9 Å². The molecular weight excluding hydrogens is 440 g/mol. The summed E-state index contributed by atoms with van der Waals surface area (Å²) in [7, 11) is -2.11. The molecule has 0 bridgehead atoms. The molecule has 5 nitrogen and oxygen atoms in total. The number of halogens is 1. The summed E-state index contributed by atoms with van der Waals surface area (Å²) in [5, 5.41) is 3.11. The summed E-state index contributed by atoms with van der Waals surface area (Å²) in [5.74, 6) is -0.354. The number of hydrogen-bond acceptors (Lipinski definition) is 4. The van der Waals surface area contributed by atoms with Crippen molar-refractivity contribution < 1.29 is 13.2 Å². The van der Waals surface area contributed by atoms with Gasteiger partial charge in [-0.3, -0.25) is 4.79 Å². The topological polar surface area (TPSA) is 66.5 Å². The first-order chi connectivity index (χ1) is 14.3. The molecule has 0 saturated carbocycles. The molecule has 0 aromatic heterocycles. The van der Waals surface area contributed by atoms with E-state index in [1.807, 2.05) is 42.7 Å². The predicted octanol–water partition coefficient (Wildman–Crippen LogP) is 5.13. The molecule has 0 spiro atoms. The second-order valence-electron chi connectivity index (χ2n) is 6.57. The average molecular weight is 461 g/mol. The van der Waals surface area contributed by atoms with Crippen molar-refractivity contribution in [1.82, 2.24) is 4.31 Å². The minimum Gasteiger partial charge on any atom is -0.322 e. The van der Waals surface area contributed by atoms with Gasteiger partial charge in [0.25, 0.3) is 5.91 Å². The molecule has 0 aliphatic carbocycles. The fourth-order valence-corrected chi connectivity index (χ4v) is 4.62. The van der Waals surface area contributed by atoms with E-state index < -0.39 is 10.0 Å². The van der Waals surface area contributed by atoms with Crippen molar-refractivity contribution in [3.05, 3.63) is 88.9 Å². The molecule has 0 heterocycles. The molecule has 0 atom stereocenters. The Kier molecular flexibility index (Phi) is 7.20. The Morgan fingerprint density at radius 3 is 2.33 bits per heavy atom. The Morgan fingerprint density at radius 2 is 1.70 bits per heavy atom. The number of anilines is 1. The fraction of sp³-hybridized carbons (Fsp3) is 0.136. The van der Waals surface area contributed by atoms with Crippen LogP contribution < -0.4 is 5.32 Å². The molecule has 3 aromatic rings. The van der Waals surface area contributed by atoms with E-state index in [0.29, 0.717) is 16.3 Å². The maximum atomic E-state index is 12.8. The molecule has 3 aromatic carbocycles. The summed E-state index contributed by atoms with van der Waals surface area (Å²) in [6.07, 6.45) is 1.92. The third-order valence-corrected chi connectivity index (χ3v) is 7.36. The van der Waals surface area contributed by atoms with E-state index in [4.69, 9.17) is 11.6 Å². The zero-order chi connectivity index (χ0) is 21.7. The van der Waals surface area contributed by atoms with Crippen molar-refractivity contribution in [2.24, 2.45) is 0 Å². The van der Waals surface area contributed by atoms with Crippen LogP contribution >= 0.6 is 23.4 Å². The Balaban J connectivity index is 1.73. The number of benzene rings is 3. The van der Waals surface area contributed by atoms with Gasteiger partial charge in [0.1, 0.15) is 0 Å². The van der Waals surface area contributed by atoms with Gasteiger partial charge in [0.2, 0.25) is 10.0 Å². The molecule has 1 N–H and O–H groups in total. The number of carbonyl (C=O) groups is 1. The van der Waals surface area contributed by atoms with E-state index in [2.05, 4.69) is 5.32 Å². The van der Waals surface area contributed by atoms with Crippen molar-refractivity contribution in [3.8, 4) is 0 Å². The number of amides is 1. The van der Waals surface area contributed by atoms with Gasteiger partial charge in [0.05, 0.1) is 15.5 Å². The van der Waals surface area contributed by atoms with Crippen LogP contribution in [0.15, 0.2) is 82.6 Å². The lowest BCUT2D eigenvalue weighted by atomic mass is 10.2. The van der Waals surface area contributed by atoms with Crippen molar-refractivity contribution >= 4 is 45.0 Å². The minimum atomic E-state index is -3.65. The smallest absolute Gasteiger partial charge is 0.257 e. The Bertz CT molecular complexity index is 1130. The van der Waals surface area contributed by atoms with E-state index >= 15 is 0 Å². The first kappa shape index (κ1) is 22.4. The van der Waals surface area contributed by atoms with Gasteiger partial charge < -0.3 is 5.32 Å². The molecule has 8 heteroatoms. The quantitative estimate of drug-likeness (QED) is 0.496. The lowest BCUT2D eigenvalue weighted by molar-refractivity contribution is 0.102. The standard InChI is InChI=1S/C22H21ClN2O3S2/c1-25(15-16-6-4-3-5-7-16)30(27,28)19-11-8-17(9-12-19)24-22(26)20-14-18(29-2)10-13-21(20)23/h3-14H,15H2,1-2H3,(H,24,26). The lowest BCUT2D eigenvalue weighted by Gasteiger charge is -2.17. The number of thioether (sulfide) groups is 1. The van der Waals surface area contributed by atoms with Crippen molar-refractivity contribution in [3.63, 3.8) is 0 Å². The highest BCUT2D eigenvalue weighted by Crippen LogP contribution is 2.25. The molecule has 0 fully saturated rings. The highest BCUT2D eigenvalue weighted by molar-refractivity contribution is 7.98. The van der Waals surface area contributed by atoms with Crippen LogP contribution in [-0.4, -0.2) is 31.9 Å². The molecule has 1 amide bonds. The number of rotatable bonds is 7. The molecule has 3 rings (SSSR count). The largest absolute Gasteiger partial charge is 0.322 e. The van der Waals surface area contributed by atoms with E-state index in [9.17, 15) is 13.2 Å². The summed E-state index contributed by atoms with van der Waals surface area (Å²) >= 11 is 7.66. The van der Waals surface area contributed by atoms with Crippen LogP contribution in [0, 0.1) is 0 Å². The van der Waals surface area contributed by atoms with Crippen LogP contribution in [0.2, 0.25) is 5.02 Å². The Labute approximate surface area is 186 Å². The SMILES string of the molecule is CSc1ccc(Cl)c(C(=O)Nc2ccc(S(=O)(=O)N(C)Cc3ccccc3)cc2)c1. The summed E-state index contributed by atoms with van der Waals surface area (Å²) in [5.41, 5.74) is 1.75. The monoisotopic (exact) mass is 460 g/mol. The van der Waals surface area contributed by atoms with Crippen LogP contribution in [-0.2, 0) is 16.6 Å². The van der Waals surface area contributed by atoms with Gasteiger partial charge in [-0.25, -0.2) is 8.42 Å². The molecule has 156 valence electrons. The maximum Gasteiger partial charge on any atom is 0.257 e. The summed E-state index contributed by atoms with van der Waals surface area (Å²) in [6, 6.07) is 20.7. The molecule has 0 saturated heterocycles. The van der Waals surface area contributed by atoms with Gasteiger partial charge in [-0.05, 0) is 54.3 Å². The normalized spacial score (nSPS) is 11.5. The molecule has 0 unspecified atom stereocenters. The summed E-state index contributed by atoms with van der Waals surface area (Å²) < 4.78 is 26.9. The molecular formula is C22H21ClN2O3S2. The van der Waals surface area contributed by atoms with Crippen molar-refractivity contribution in [1.29, 1.82) is 0 Å². The van der Waals surface area contributed by atoms with Crippen LogP contribution in [0.3, 0.4) is 0 Å². The van der Waals surface area contributed by atoms with E-state index in [1.165, 1.54) is 28.2 Å². The third kappa shape index (κ3) is 5.23. The van der Waals surface area contributed by atoms with Gasteiger partial charge >= 0.3 is 0 Å². The lowest BCUT2D eigenvalue weighted by Crippen LogP contribution is -2.26. The number of nitrogens with zero attached hydrogens (tertiary/aromatic N) is 1. The van der Waals surface area contributed by atoms with Gasteiger partial charge in [0.15, 0.2) is 0 Å². The Hall–Kier alpha value is -2.32. The van der Waals surface area contributed by atoms with Gasteiger partial charge in [-0.15, -0.1) is 11.8 Å². The van der Waals surface area contributed by atoms with Crippen LogP contribution in [0.4, 0.5) is 5.69 Å². The van der Waals surface area contributed by atoms with Gasteiger partial charge in [-0.1, -0.05) is 41.9 Å². The highest BCUT2D eigenvalue weighted by Gasteiger charge is 2.21. The van der Waals surface area contributed by atoms with Crippen molar-refractivity contribution in [2.45, 2.75) is 16.3 Å². The van der Waals surface area contributed by atoms with E-state index in [0.717, 1.165) is 10.5 Å². The van der Waals surface area contributed by atoms with Crippen molar-refractivity contribution in [2.75, 3.05) is 18.6 Å². The number of nitrogens with one attached hydrogen (secondary N) is 1. The van der Waals surface area contributed by atoms with Gasteiger partial charge in [0, 0.05) is 24.2 Å². The number of sulfonamides is 1. The molecule has 0 aliphatic heterocycles. The van der Waals surface area contributed by atoms with Crippen LogP contribution in [0.5, 0.6) is 0 Å². The Morgan fingerprint density at radius 1 is 1.03 bits per heavy atom.